The zero-order valence-electron chi connectivity index (χ0n) is 11.0. The first kappa shape index (κ1) is 12.5. The third-order valence-corrected chi connectivity index (χ3v) is 4.12. The number of rotatable bonds is 1. The molecule has 4 rings (SSSR count). The Morgan fingerprint density at radius 1 is 1.19 bits per heavy atom. The molecule has 1 atom stereocenters. The minimum atomic E-state index is 0.0982. The predicted molar refractivity (Wildman–Crippen MR) is 77.6 cm³/mol. The van der Waals surface area contributed by atoms with Crippen molar-refractivity contribution in [2.24, 2.45) is 0 Å². The molecule has 21 heavy (non-hydrogen) atoms. The minimum Gasteiger partial charge on any atom is -0.294 e. The molecule has 6 heteroatoms. The number of halogens is 1. The number of hydrogen-bond donors (Lipinski definition) is 0. The Hall–Kier alpha value is -2.27. The fraction of sp³-hybridized carbons (Fsp3) is 0.200. The van der Waals surface area contributed by atoms with Gasteiger partial charge < -0.3 is 0 Å². The van der Waals surface area contributed by atoms with Crippen molar-refractivity contribution in [3.05, 3.63) is 58.6 Å². The molecule has 2 heterocycles. The second-order valence-corrected chi connectivity index (χ2v) is 5.62. The van der Waals surface area contributed by atoms with Crippen LogP contribution in [-0.4, -0.2) is 25.4 Å². The van der Waals surface area contributed by atoms with Crippen molar-refractivity contribution in [2.45, 2.75) is 18.8 Å². The summed E-state index contributed by atoms with van der Waals surface area (Å²) in [6.45, 7) is 0. The van der Waals surface area contributed by atoms with Gasteiger partial charge in [0.15, 0.2) is 5.78 Å². The second kappa shape index (κ2) is 4.63. The van der Waals surface area contributed by atoms with Gasteiger partial charge in [0.25, 0.3) is 5.78 Å². The van der Waals surface area contributed by atoms with Gasteiger partial charge in [-0.15, -0.1) is 0 Å². The van der Waals surface area contributed by atoms with E-state index in [0.29, 0.717) is 22.8 Å². The molecule has 2 aromatic heterocycles. The SMILES string of the molecule is O=C1CC(c2ccc(Cl)cc2)Cc2nc3ncnn3cc21. The minimum absolute atomic E-state index is 0.0982. The van der Waals surface area contributed by atoms with Crippen molar-refractivity contribution >= 4 is 23.2 Å². The van der Waals surface area contributed by atoms with E-state index in [0.717, 1.165) is 17.7 Å². The maximum Gasteiger partial charge on any atom is 0.252 e. The number of benzene rings is 1. The maximum atomic E-state index is 12.4. The molecule has 0 saturated heterocycles. The Labute approximate surface area is 125 Å². The highest BCUT2D eigenvalue weighted by atomic mass is 35.5. The van der Waals surface area contributed by atoms with Crippen LogP contribution in [-0.2, 0) is 6.42 Å². The van der Waals surface area contributed by atoms with E-state index in [1.54, 1.807) is 10.7 Å². The number of hydrogen-bond acceptors (Lipinski definition) is 4. The van der Waals surface area contributed by atoms with E-state index in [1.807, 2.05) is 24.3 Å². The van der Waals surface area contributed by atoms with Crippen LogP contribution >= 0.6 is 11.6 Å². The van der Waals surface area contributed by atoms with Crippen molar-refractivity contribution in [3.8, 4) is 0 Å². The average Bonchev–Trinajstić information content (AvgIpc) is 2.93. The number of Topliss-reactive ketones (excluding diaryl/α,β-unsaturated/α-hetero) is 1. The molecular weight excluding hydrogens is 288 g/mol. The highest BCUT2D eigenvalue weighted by molar-refractivity contribution is 6.30. The smallest absolute Gasteiger partial charge is 0.252 e. The van der Waals surface area contributed by atoms with Gasteiger partial charge in [0.05, 0.1) is 11.3 Å². The number of ketones is 1. The molecule has 3 aromatic rings. The number of carbonyl (C=O) groups is 1. The van der Waals surface area contributed by atoms with Crippen LogP contribution in [0, 0.1) is 0 Å². The third kappa shape index (κ3) is 2.10. The largest absolute Gasteiger partial charge is 0.294 e. The summed E-state index contributed by atoms with van der Waals surface area (Å²) in [4.78, 5) is 20.9. The Morgan fingerprint density at radius 3 is 2.81 bits per heavy atom. The van der Waals surface area contributed by atoms with E-state index in [-0.39, 0.29) is 11.7 Å². The van der Waals surface area contributed by atoms with Gasteiger partial charge in [-0.25, -0.2) is 9.50 Å². The molecule has 0 spiro atoms. The molecule has 0 saturated carbocycles. The summed E-state index contributed by atoms with van der Waals surface area (Å²) < 4.78 is 1.54. The molecule has 104 valence electrons. The van der Waals surface area contributed by atoms with Crippen LogP contribution in [0.3, 0.4) is 0 Å². The molecule has 0 bridgehead atoms. The summed E-state index contributed by atoms with van der Waals surface area (Å²) in [5, 5.41) is 4.72. The van der Waals surface area contributed by atoms with Gasteiger partial charge in [-0.1, -0.05) is 23.7 Å². The highest BCUT2D eigenvalue weighted by Crippen LogP contribution is 2.32. The van der Waals surface area contributed by atoms with Crippen molar-refractivity contribution in [3.63, 3.8) is 0 Å². The zero-order valence-corrected chi connectivity index (χ0v) is 11.8. The van der Waals surface area contributed by atoms with Gasteiger partial charge in [0, 0.05) is 17.6 Å². The fourth-order valence-corrected chi connectivity index (χ4v) is 2.92. The summed E-state index contributed by atoms with van der Waals surface area (Å²) in [5.74, 6) is 0.763. The average molecular weight is 299 g/mol. The maximum absolute atomic E-state index is 12.4. The van der Waals surface area contributed by atoms with E-state index < -0.39 is 0 Å². The molecule has 5 nitrogen and oxygen atoms in total. The predicted octanol–water partition coefficient (Wildman–Crippen LogP) is 2.69. The van der Waals surface area contributed by atoms with Crippen molar-refractivity contribution in [1.82, 2.24) is 19.6 Å². The van der Waals surface area contributed by atoms with Crippen LogP contribution in [0.4, 0.5) is 0 Å². The zero-order chi connectivity index (χ0) is 14.4. The van der Waals surface area contributed by atoms with Gasteiger partial charge in [-0.05, 0) is 30.0 Å². The second-order valence-electron chi connectivity index (χ2n) is 5.19. The van der Waals surface area contributed by atoms with E-state index in [4.69, 9.17) is 11.6 Å². The first-order valence-electron chi connectivity index (χ1n) is 6.68. The summed E-state index contributed by atoms with van der Waals surface area (Å²) in [5.41, 5.74) is 2.56. The van der Waals surface area contributed by atoms with Crippen LogP contribution < -0.4 is 0 Å². The third-order valence-electron chi connectivity index (χ3n) is 3.86. The van der Waals surface area contributed by atoms with Gasteiger partial charge in [-0.2, -0.15) is 10.1 Å². The molecule has 0 N–H and O–H groups in total. The summed E-state index contributed by atoms with van der Waals surface area (Å²) >= 11 is 5.92. The van der Waals surface area contributed by atoms with Crippen LogP contribution in [0.1, 0.15) is 34.0 Å². The molecule has 0 amide bonds. The lowest BCUT2D eigenvalue weighted by atomic mass is 9.82. The van der Waals surface area contributed by atoms with E-state index in [9.17, 15) is 4.79 Å². The Balaban J connectivity index is 1.76. The van der Waals surface area contributed by atoms with E-state index in [1.165, 1.54) is 6.33 Å². The molecule has 1 aromatic carbocycles. The highest BCUT2D eigenvalue weighted by Gasteiger charge is 2.28. The van der Waals surface area contributed by atoms with Crippen LogP contribution in [0.2, 0.25) is 5.02 Å². The first-order valence-corrected chi connectivity index (χ1v) is 7.06. The van der Waals surface area contributed by atoms with Gasteiger partial charge >= 0.3 is 0 Å². The monoisotopic (exact) mass is 298 g/mol. The molecule has 0 aliphatic heterocycles. The Kier molecular flexibility index (Phi) is 2.75. The van der Waals surface area contributed by atoms with Crippen molar-refractivity contribution in [1.29, 1.82) is 0 Å². The number of nitrogens with zero attached hydrogens (tertiary/aromatic N) is 4. The molecule has 1 unspecified atom stereocenters. The lowest BCUT2D eigenvalue weighted by Crippen LogP contribution is -2.21. The lowest BCUT2D eigenvalue weighted by molar-refractivity contribution is 0.0962. The van der Waals surface area contributed by atoms with Crippen LogP contribution in [0.25, 0.3) is 5.78 Å². The Bertz CT molecular complexity index is 841. The van der Waals surface area contributed by atoms with E-state index >= 15 is 0 Å². The van der Waals surface area contributed by atoms with Crippen molar-refractivity contribution in [2.75, 3.05) is 0 Å². The molecule has 0 fully saturated rings. The molecular formula is C15H11ClN4O. The lowest BCUT2D eigenvalue weighted by Gasteiger charge is -2.23. The normalized spacial score (nSPS) is 18.0. The quantitative estimate of drug-likeness (QED) is 0.693. The van der Waals surface area contributed by atoms with Gasteiger partial charge in [-0.3, -0.25) is 4.79 Å². The first-order chi connectivity index (χ1) is 10.2. The van der Waals surface area contributed by atoms with Crippen molar-refractivity contribution < 1.29 is 4.79 Å². The van der Waals surface area contributed by atoms with Crippen LogP contribution in [0.5, 0.6) is 0 Å². The number of carbonyl (C=O) groups excluding carboxylic acids is 1. The fourth-order valence-electron chi connectivity index (χ4n) is 2.79. The topological polar surface area (TPSA) is 60.2 Å². The standard InChI is InChI=1S/C15H11ClN4O/c16-11-3-1-9(2-4-11)10-5-13-12(14(21)6-10)7-20-15(19-13)17-8-18-20/h1-4,7-8,10H,5-6H2. The summed E-state index contributed by atoms with van der Waals surface area (Å²) in [6.07, 6.45) is 4.38. The number of aromatic nitrogens is 4. The van der Waals surface area contributed by atoms with E-state index in [2.05, 4.69) is 15.1 Å². The molecule has 1 aliphatic rings. The summed E-state index contributed by atoms with van der Waals surface area (Å²) in [7, 11) is 0. The Morgan fingerprint density at radius 2 is 2.00 bits per heavy atom. The van der Waals surface area contributed by atoms with Gasteiger partial charge in [0.2, 0.25) is 0 Å². The molecule has 0 radical (unpaired) electrons. The number of fused-ring (bicyclic) bond motifs is 2. The summed E-state index contributed by atoms with van der Waals surface area (Å²) in [6, 6.07) is 7.65. The van der Waals surface area contributed by atoms with Crippen LogP contribution in [0.15, 0.2) is 36.8 Å². The van der Waals surface area contributed by atoms with Gasteiger partial charge in [0.1, 0.15) is 6.33 Å². The molecule has 1 aliphatic carbocycles.